The lowest BCUT2D eigenvalue weighted by molar-refractivity contribution is -0.137. The van der Waals surface area contributed by atoms with Gasteiger partial charge in [0.05, 0.1) is 5.57 Å². The third-order valence-electron chi connectivity index (χ3n) is 5.18. The Bertz CT molecular complexity index is 860. The van der Waals surface area contributed by atoms with Gasteiger partial charge in [0.1, 0.15) is 0 Å². The number of piperazine rings is 1. The van der Waals surface area contributed by atoms with E-state index in [2.05, 4.69) is 19.1 Å². The smallest absolute Gasteiger partial charge is 0.255 e. The van der Waals surface area contributed by atoms with Crippen LogP contribution in [0.5, 0.6) is 0 Å². The minimum absolute atomic E-state index is 0.0532. The molecule has 0 N–H and O–H groups in total. The molecule has 140 valence electrons. The van der Waals surface area contributed by atoms with Crippen molar-refractivity contribution in [1.82, 2.24) is 9.80 Å². The Labute approximate surface area is 164 Å². The van der Waals surface area contributed by atoms with Gasteiger partial charge in [-0.2, -0.15) is 0 Å². The van der Waals surface area contributed by atoms with Crippen molar-refractivity contribution in [3.63, 3.8) is 0 Å². The third kappa shape index (κ3) is 4.14. The Kier molecular flexibility index (Phi) is 5.12. The molecule has 1 aromatic carbocycles. The summed E-state index contributed by atoms with van der Waals surface area (Å²) < 4.78 is 0. The standard InChI is InChI=1S/C22H24N2O2S/c1-16-4-2-5-17(14-16)15-19(20-6-3-13-27-20)22(26)24-11-9-23(10-12-24)21(25)18-7-8-18/h2-6,13-15,18H,7-12H2,1H3. The van der Waals surface area contributed by atoms with Crippen LogP contribution in [0.4, 0.5) is 0 Å². The first-order valence-corrected chi connectivity index (χ1v) is 10.4. The van der Waals surface area contributed by atoms with Crippen LogP contribution < -0.4 is 0 Å². The van der Waals surface area contributed by atoms with Gasteiger partial charge >= 0.3 is 0 Å². The number of benzene rings is 1. The van der Waals surface area contributed by atoms with Crippen LogP contribution in [0, 0.1) is 12.8 Å². The minimum Gasteiger partial charge on any atom is -0.339 e. The molecule has 0 radical (unpaired) electrons. The molecule has 27 heavy (non-hydrogen) atoms. The summed E-state index contributed by atoms with van der Waals surface area (Å²) in [7, 11) is 0. The maximum Gasteiger partial charge on any atom is 0.255 e. The number of carbonyl (C=O) groups is 2. The molecule has 4 rings (SSSR count). The molecule has 2 heterocycles. The molecular formula is C22H24N2O2S. The van der Waals surface area contributed by atoms with E-state index >= 15 is 0 Å². The summed E-state index contributed by atoms with van der Waals surface area (Å²) in [6.45, 7) is 4.55. The molecule has 1 aliphatic heterocycles. The number of nitrogens with zero attached hydrogens (tertiary/aromatic N) is 2. The monoisotopic (exact) mass is 380 g/mol. The lowest BCUT2D eigenvalue weighted by Gasteiger charge is -2.35. The van der Waals surface area contributed by atoms with Crippen LogP contribution >= 0.6 is 11.3 Å². The van der Waals surface area contributed by atoms with Crippen molar-refractivity contribution in [2.75, 3.05) is 26.2 Å². The molecule has 4 nitrogen and oxygen atoms in total. The van der Waals surface area contributed by atoms with Crippen LogP contribution in [0.2, 0.25) is 0 Å². The average molecular weight is 381 g/mol. The first-order valence-electron chi connectivity index (χ1n) is 9.52. The van der Waals surface area contributed by atoms with E-state index in [4.69, 9.17) is 0 Å². The van der Waals surface area contributed by atoms with Crippen LogP contribution in [-0.4, -0.2) is 47.8 Å². The second kappa shape index (κ2) is 7.69. The SMILES string of the molecule is Cc1cccc(C=C(C(=O)N2CCN(C(=O)C3CC3)CC2)c2cccs2)c1. The van der Waals surface area contributed by atoms with Gasteiger partial charge in [-0.05, 0) is 42.9 Å². The summed E-state index contributed by atoms with van der Waals surface area (Å²) in [4.78, 5) is 30.3. The summed E-state index contributed by atoms with van der Waals surface area (Å²) in [6, 6.07) is 12.2. The van der Waals surface area contributed by atoms with Crippen LogP contribution in [0.3, 0.4) is 0 Å². The van der Waals surface area contributed by atoms with Crippen LogP contribution in [0.15, 0.2) is 41.8 Å². The van der Waals surface area contributed by atoms with Crippen molar-refractivity contribution in [3.8, 4) is 0 Å². The van der Waals surface area contributed by atoms with Crippen LogP contribution in [0.25, 0.3) is 11.6 Å². The number of amides is 2. The Balaban J connectivity index is 1.52. The largest absolute Gasteiger partial charge is 0.339 e. The van der Waals surface area contributed by atoms with Gasteiger partial charge in [0.2, 0.25) is 5.91 Å². The Hall–Kier alpha value is -2.40. The zero-order valence-electron chi connectivity index (χ0n) is 15.6. The fraction of sp³-hybridized carbons (Fsp3) is 0.364. The van der Waals surface area contributed by atoms with Gasteiger partial charge in [-0.15, -0.1) is 11.3 Å². The van der Waals surface area contributed by atoms with Crippen molar-refractivity contribution >= 4 is 34.8 Å². The molecule has 0 atom stereocenters. The topological polar surface area (TPSA) is 40.6 Å². The minimum atomic E-state index is 0.0532. The fourth-order valence-electron chi connectivity index (χ4n) is 3.49. The number of carbonyl (C=O) groups excluding carboxylic acids is 2. The Morgan fingerprint density at radius 2 is 1.78 bits per heavy atom. The van der Waals surface area contributed by atoms with E-state index in [1.54, 1.807) is 11.3 Å². The number of rotatable bonds is 4. The normalized spacial score (nSPS) is 17.9. The molecule has 1 saturated carbocycles. The van der Waals surface area contributed by atoms with Crippen LogP contribution in [0.1, 0.15) is 28.8 Å². The highest BCUT2D eigenvalue weighted by atomic mass is 32.1. The van der Waals surface area contributed by atoms with Crippen molar-refractivity contribution in [1.29, 1.82) is 0 Å². The summed E-state index contributed by atoms with van der Waals surface area (Å²) in [5, 5.41) is 2.00. The predicted molar refractivity (Wildman–Crippen MR) is 109 cm³/mol. The van der Waals surface area contributed by atoms with Crippen molar-refractivity contribution in [2.45, 2.75) is 19.8 Å². The van der Waals surface area contributed by atoms with Gasteiger partial charge in [0, 0.05) is 37.0 Å². The lowest BCUT2D eigenvalue weighted by atomic mass is 10.1. The number of aryl methyl sites for hydroxylation is 1. The molecule has 2 aromatic rings. The van der Waals surface area contributed by atoms with Gasteiger partial charge in [-0.3, -0.25) is 9.59 Å². The molecule has 0 spiro atoms. The van der Waals surface area contributed by atoms with E-state index in [0.29, 0.717) is 26.2 Å². The predicted octanol–water partition coefficient (Wildman–Crippen LogP) is 3.68. The fourth-order valence-corrected chi connectivity index (χ4v) is 4.22. The molecule has 2 fully saturated rings. The average Bonchev–Trinajstić information content (AvgIpc) is 3.40. The first-order chi connectivity index (χ1) is 13.1. The van der Waals surface area contributed by atoms with E-state index in [9.17, 15) is 9.59 Å². The molecule has 1 saturated heterocycles. The van der Waals surface area contributed by atoms with Gasteiger partial charge in [-0.25, -0.2) is 0 Å². The highest BCUT2D eigenvalue weighted by Gasteiger charge is 2.35. The number of hydrogen-bond acceptors (Lipinski definition) is 3. The Morgan fingerprint density at radius 1 is 1.04 bits per heavy atom. The second-order valence-electron chi connectivity index (χ2n) is 7.34. The quantitative estimate of drug-likeness (QED) is 0.759. The molecular weight excluding hydrogens is 356 g/mol. The summed E-state index contributed by atoms with van der Waals surface area (Å²) >= 11 is 1.58. The van der Waals surface area contributed by atoms with Gasteiger partial charge in [-0.1, -0.05) is 35.9 Å². The molecule has 2 amide bonds. The maximum atomic E-state index is 13.3. The van der Waals surface area contributed by atoms with E-state index in [-0.39, 0.29) is 17.7 Å². The zero-order chi connectivity index (χ0) is 18.8. The van der Waals surface area contributed by atoms with Crippen molar-refractivity contribution in [2.24, 2.45) is 5.92 Å². The maximum absolute atomic E-state index is 13.3. The number of thiophene rings is 1. The second-order valence-corrected chi connectivity index (χ2v) is 8.29. The summed E-state index contributed by atoms with van der Waals surface area (Å²) in [6.07, 6.45) is 4.04. The van der Waals surface area contributed by atoms with Gasteiger partial charge < -0.3 is 9.80 Å². The van der Waals surface area contributed by atoms with Crippen molar-refractivity contribution in [3.05, 3.63) is 57.8 Å². The van der Waals surface area contributed by atoms with E-state index in [1.807, 2.05) is 45.5 Å². The van der Waals surface area contributed by atoms with Crippen molar-refractivity contribution < 1.29 is 9.59 Å². The molecule has 5 heteroatoms. The van der Waals surface area contributed by atoms with Crippen LogP contribution in [-0.2, 0) is 9.59 Å². The Morgan fingerprint density at radius 3 is 2.41 bits per heavy atom. The zero-order valence-corrected chi connectivity index (χ0v) is 16.4. The lowest BCUT2D eigenvalue weighted by Crippen LogP contribution is -2.51. The molecule has 0 unspecified atom stereocenters. The summed E-state index contributed by atoms with van der Waals surface area (Å²) in [5.41, 5.74) is 2.95. The molecule has 1 aromatic heterocycles. The third-order valence-corrected chi connectivity index (χ3v) is 6.08. The molecule has 0 bridgehead atoms. The van der Waals surface area contributed by atoms with E-state index in [0.717, 1.165) is 28.9 Å². The van der Waals surface area contributed by atoms with Gasteiger partial charge in [0.15, 0.2) is 0 Å². The van der Waals surface area contributed by atoms with E-state index in [1.165, 1.54) is 5.56 Å². The summed E-state index contributed by atoms with van der Waals surface area (Å²) in [5.74, 6) is 0.573. The van der Waals surface area contributed by atoms with E-state index < -0.39 is 0 Å². The molecule has 2 aliphatic rings. The number of hydrogen-bond donors (Lipinski definition) is 0. The highest BCUT2D eigenvalue weighted by molar-refractivity contribution is 7.11. The highest BCUT2D eigenvalue weighted by Crippen LogP contribution is 2.31. The molecule has 1 aliphatic carbocycles. The first kappa shape index (κ1) is 18.0. The van der Waals surface area contributed by atoms with Gasteiger partial charge in [0.25, 0.3) is 5.91 Å².